The molecule has 0 aliphatic heterocycles. The number of nitrogens with one attached hydrogen (secondary N) is 1. The summed E-state index contributed by atoms with van der Waals surface area (Å²) >= 11 is 1.40. The van der Waals surface area contributed by atoms with E-state index in [4.69, 9.17) is 5.73 Å². The molecule has 104 valence electrons. The van der Waals surface area contributed by atoms with E-state index < -0.39 is 10.0 Å². The second-order valence-electron chi connectivity index (χ2n) is 4.67. The van der Waals surface area contributed by atoms with Crippen LogP contribution in [0.5, 0.6) is 0 Å². The molecule has 1 rings (SSSR count). The molecule has 6 heteroatoms. The van der Waals surface area contributed by atoms with Gasteiger partial charge in [-0.05, 0) is 30.7 Å². The van der Waals surface area contributed by atoms with Crippen molar-refractivity contribution in [1.82, 2.24) is 4.72 Å². The number of sulfonamides is 1. The molecule has 3 N–H and O–H groups in total. The van der Waals surface area contributed by atoms with Crippen LogP contribution in [0, 0.1) is 12.8 Å². The lowest BCUT2D eigenvalue weighted by atomic mass is 10.0. The Kier molecular flexibility index (Phi) is 5.33. The van der Waals surface area contributed by atoms with E-state index in [1.54, 1.807) is 6.92 Å². The molecule has 0 saturated heterocycles. The van der Waals surface area contributed by atoms with E-state index in [9.17, 15) is 8.42 Å². The van der Waals surface area contributed by atoms with Crippen molar-refractivity contribution in [2.24, 2.45) is 11.7 Å². The number of hydrogen-bond acceptors (Lipinski definition) is 4. The molecule has 1 aromatic heterocycles. The van der Waals surface area contributed by atoms with Crippen LogP contribution in [0.1, 0.15) is 37.6 Å². The average molecular weight is 290 g/mol. The van der Waals surface area contributed by atoms with Crippen molar-refractivity contribution in [2.75, 3.05) is 0 Å². The van der Waals surface area contributed by atoms with Crippen molar-refractivity contribution in [3.8, 4) is 0 Å². The Morgan fingerprint density at radius 1 is 1.44 bits per heavy atom. The van der Waals surface area contributed by atoms with E-state index in [1.807, 2.05) is 19.2 Å². The summed E-state index contributed by atoms with van der Waals surface area (Å²) in [6.07, 6.45) is 0.941. The van der Waals surface area contributed by atoms with Crippen LogP contribution in [0.4, 0.5) is 0 Å². The molecular weight excluding hydrogens is 268 g/mol. The highest BCUT2D eigenvalue weighted by Crippen LogP contribution is 2.27. The maximum atomic E-state index is 12.4. The lowest BCUT2D eigenvalue weighted by molar-refractivity contribution is 0.434. The second-order valence-corrected chi connectivity index (χ2v) is 7.29. The van der Waals surface area contributed by atoms with Crippen molar-refractivity contribution in [3.63, 3.8) is 0 Å². The third kappa shape index (κ3) is 3.32. The summed E-state index contributed by atoms with van der Waals surface area (Å²) in [6.45, 7) is 8.05. The zero-order valence-electron chi connectivity index (χ0n) is 11.4. The van der Waals surface area contributed by atoms with Gasteiger partial charge in [0.2, 0.25) is 10.0 Å². The molecule has 0 spiro atoms. The van der Waals surface area contributed by atoms with Crippen molar-refractivity contribution < 1.29 is 8.42 Å². The zero-order valence-corrected chi connectivity index (χ0v) is 13.0. The third-order valence-electron chi connectivity index (χ3n) is 3.28. The highest BCUT2D eigenvalue weighted by Gasteiger charge is 2.25. The van der Waals surface area contributed by atoms with Crippen LogP contribution in [-0.4, -0.2) is 14.5 Å². The van der Waals surface area contributed by atoms with E-state index in [0.29, 0.717) is 10.8 Å². The van der Waals surface area contributed by atoms with Crippen molar-refractivity contribution in [3.05, 3.63) is 15.8 Å². The molecule has 0 fully saturated rings. The predicted octanol–water partition coefficient (Wildman–Crippen LogP) is 2.23. The number of aryl methyl sites for hydroxylation is 1. The fourth-order valence-corrected chi connectivity index (χ4v) is 4.82. The molecule has 18 heavy (non-hydrogen) atoms. The minimum atomic E-state index is -3.46. The Labute approximate surface area is 114 Å². The van der Waals surface area contributed by atoms with Crippen molar-refractivity contribution in [2.45, 2.75) is 51.6 Å². The first-order chi connectivity index (χ1) is 8.33. The van der Waals surface area contributed by atoms with Gasteiger partial charge >= 0.3 is 0 Å². The third-order valence-corrected chi connectivity index (χ3v) is 6.33. The summed E-state index contributed by atoms with van der Waals surface area (Å²) in [4.78, 5) is 1.08. The predicted molar refractivity (Wildman–Crippen MR) is 76.2 cm³/mol. The van der Waals surface area contributed by atoms with Gasteiger partial charge in [0.05, 0.1) is 0 Å². The van der Waals surface area contributed by atoms with Gasteiger partial charge in [0.25, 0.3) is 0 Å². The molecule has 1 heterocycles. The SMILES string of the molecule is CCC(C)C(C)NS(=O)(=O)c1c(C)csc1CN. The van der Waals surface area contributed by atoms with Gasteiger partial charge in [-0.3, -0.25) is 0 Å². The average Bonchev–Trinajstić information content (AvgIpc) is 2.69. The molecule has 0 aliphatic carbocycles. The maximum Gasteiger partial charge on any atom is 0.242 e. The summed E-state index contributed by atoms with van der Waals surface area (Å²) in [5, 5.41) is 1.84. The van der Waals surface area contributed by atoms with Crippen LogP contribution in [0.3, 0.4) is 0 Å². The summed E-state index contributed by atoms with van der Waals surface area (Å²) in [7, 11) is -3.46. The van der Waals surface area contributed by atoms with Gasteiger partial charge in [0.1, 0.15) is 4.90 Å². The van der Waals surface area contributed by atoms with Crippen LogP contribution in [0.25, 0.3) is 0 Å². The number of hydrogen-bond donors (Lipinski definition) is 2. The Morgan fingerprint density at radius 3 is 2.56 bits per heavy atom. The molecule has 0 amide bonds. The van der Waals surface area contributed by atoms with Gasteiger partial charge in [0, 0.05) is 17.5 Å². The Morgan fingerprint density at radius 2 is 2.06 bits per heavy atom. The molecule has 0 bridgehead atoms. The van der Waals surface area contributed by atoms with Crippen LogP contribution in [0.15, 0.2) is 10.3 Å². The first kappa shape index (κ1) is 15.6. The monoisotopic (exact) mass is 290 g/mol. The van der Waals surface area contributed by atoms with E-state index in [-0.39, 0.29) is 12.6 Å². The minimum absolute atomic E-state index is 0.0788. The first-order valence-electron chi connectivity index (χ1n) is 6.12. The summed E-state index contributed by atoms with van der Waals surface area (Å²) in [5.74, 6) is 0.306. The molecule has 0 radical (unpaired) electrons. The standard InChI is InChI=1S/C12H22N2O2S2/c1-5-8(2)10(4)14-18(15,16)12-9(3)7-17-11(12)6-13/h7-8,10,14H,5-6,13H2,1-4H3. The maximum absolute atomic E-state index is 12.4. The number of thiophene rings is 1. The van der Waals surface area contributed by atoms with E-state index >= 15 is 0 Å². The molecule has 1 aromatic rings. The quantitative estimate of drug-likeness (QED) is 0.844. The highest BCUT2D eigenvalue weighted by atomic mass is 32.2. The van der Waals surface area contributed by atoms with Crippen LogP contribution in [0.2, 0.25) is 0 Å². The molecule has 2 unspecified atom stereocenters. The summed E-state index contributed by atoms with van der Waals surface area (Å²) in [6, 6.07) is -0.0788. The van der Waals surface area contributed by atoms with Crippen molar-refractivity contribution in [1.29, 1.82) is 0 Å². The lowest BCUT2D eigenvalue weighted by Gasteiger charge is -2.20. The number of rotatable bonds is 6. The molecule has 0 aromatic carbocycles. The summed E-state index contributed by atoms with van der Waals surface area (Å²) in [5.41, 5.74) is 6.36. The van der Waals surface area contributed by atoms with Crippen molar-refractivity contribution >= 4 is 21.4 Å². The van der Waals surface area contributed by atoms with Gasteiger partial charge in [-0.2, -0.15) is 0 Å². The largest absolute Gasteiger partial charge is 0.326 e. The van der Waals surface area contributed by atoms with Crippen LogP contribution < -0.4 is 10.5 Å². The fraction of sp³-hybridized carbons (Fsp3) is 0.667. The molecule has 2 atom stereocenters. The molecule has 0 saturated carbocycles. The molecular formula is C12H22N2O2S2. The Bertz CT molecular complexity index is 494. The fourth-order valence-electron chi connectivity index (χ4n) is 1.76. The lowest BCUT2D eigenvalue weighted by Crippen LogP contribution is -2.37. The smallest absolute Gasteiger partial charge is 0.242 e. The van der Waals surface area contributed by atoms with Gasteiger partial charge < -0.3 is 5.73 Å². The Balaban J connectivity index is 3.03. The zero-order chi connectivity index (χ0) is 13.9. The van der Waals surface area contributed by atoms with Crippen LogP contribution in [-0.2, 0) is 16.6 Å². The molecule has 0 aliphatic rings. The highest BCUT2D eigenvalue weighted by molar-refractivity contribution is 7.89. The second kappa shape index (κ2) is 6.14. The molecule has 4 nitrogen and oxygen atoms in total. The first-order valence-corrected chi connectivity index (χ1v) is 8.49. The minimum Gasteiger partial charge on any atom is -0.326 e. The van der Waals surface area contributed by atoms with Gasteiger partial charge in [-0.25, -0.2) is 13.1 Å². The van der Waals surface area contributed by atoms with Gasteiger partial charge in [0.15, 0.2) is 0 Å². The van der Waals surface area contributed by atoms with E-state index in [2.05, 4.69) is 11.6 Å². The van der Waals surface area contributed by atoms with Crippen LogP contribution >= 0.6 is 11.3 Å². The van der Waals surface area contributed by atoms with Gasteiger partial charge in [-0.1, -0.05) is 20.3 Å². The normalized spacial score (nSPS) is 15.6. The summed E-state index contributed by atoms with van der Waals surface area (Å²) < 4.78 is 27.5. The van der Waals surface area contributed by atoms with E-state index in [1.165, 1.54) is 11.3 Å². The topological polar surface area (TPSA) is 72.2 Å². The van der Waals surface area contributed by atoms with Gasteiger partial charge in [-0.15, -0.1) is 11.3 Å². The number of nitrogens with two attached hydrogens (primary N) is 1. The Hall–Kier alpha value is -0.430. The van der Waals surface area contributed by atoms with E-state index in [0.717, 1.165) is 16.9 Å².